The van der Waals surface area contributed by atoms with Crippen molar-refractivity contribution in [2.75, 3.05) is 38.7 Å². The third kappa shape index (κ3) is 9.82. The fourth-order valence-corrected chi connectivity index (χ4v) is 8.37. The van der Waals surface area contributed by atoms with E-state index in [9.17, 15) is 39.9 Å². The number of ketones is 1. The van der Waals surface area contributed by atoms with Crippen LogP contribution in [0, 0.1) is 30.6 Å². The number of hydrogen-bond donors (Lipinski definition) is 6. The number of fused-ring (bicyclic) bond motifs is 14. The number of aliphatic hydroxyl groups is 2. The lowest BCUT2D eigenvalue weighted by Crippen LogP contribution is -2.46. The molecule has 1 fully saturated rings. The van der Waals surface area contributed by atoms with Gasteiger partial charge in [-0.25, -0.2) is 0 Å². The van der Waals surface area contributed by atoms with Crippen molar-refractivity contribution < 1.29 is 63.7 Å². The van der Waals surface area contributed by atoms with Gasteiger partial charge in [-0.2, -0.15) is 0 Å². The minimum atomic E-state index is -2.06. The lowest BCUT2D eigenvalue weighted by atomic mass is 9.78. The lowest BCUT2D eigenvalue weighted by molar-refractivity contribution is -0.160. The van der Waals surface area contributed by atoms with Crippen LogP contribution in [0.25, 0.3) is 10.8 Å². The van der Waals surface area contributed by atoms with E-state index in [1.54, 1.807) is 39.8 Å². The summed E-state index contributed by atoms with van der Waals surface area (Å²) in [5.41, 5.74) is -0.555. The molecular formula is C45H61N3O13. The molecule has 5 bridgehead atoms. The number of allylic oxidation sites excluding steroid dienone is 2. The standard InChI is InChI=1S/C45H61N3O13/c1-23-14-13-15-24(2)44(56)47-35-30(22-46-59-21-19-48-17-11-10-12-18-48)39(53)32-33(40(35)54)38(52)28(6)42-34(32)43(55)45(8,61-42)58-20-16-31(57-9)25(3)41(60-29(7)49)27(5)37(51)26(4)36(23)50/h13-16,20,22-23,25-27,31,36-37,41,50-54H,10-12,17-19,21H2,1-9H3,(H,47,56)/b14-13?,20-16?,24-15?,46-22+. The number of esters is 1. The molecule has 2 aromatic rings. The fourth-order valence-electron chi connectivity index (χ4n) is 8.37. The molecule has 1 amide bonds. The summed E-state index contributed by atoms with van der Waals surface area (Å²) < 4.78 is 23.6. The number of amides is 1. The Hall–Kier alpha value is -5.16. The Morgan fingerprint density at radius 2 is 1.66 bits per heavy atom. The number of aliphatic hydroxyl groups excluding tert-OH is 2. The number of oxime groups is 1. The number of likely N-dealkylation sites (tertiary alicyclic amines) is 1. The normalized spacial score (nSPS) is 29.4. The van der Waals surface area contributed by atoms with Crippen LogP contribution in [-0.4, -0.2) is 118 Å². The van der Waals surface area contributed by atoms with Gasteiger partial charge >= 0.3 is 11.8 Å². The van der Waals surface area contributed by atoms with Gasteiger partial charge in [0.1, 0.15) is 30.0 Å². The third-order valence-electron chi connectivity index (χ3n) is 12.2. The molecule has 16 nitrogen and oxygen atoms in total. The summed E-state index contributed by atoms with van der Waals surface area (Å²) in [5, 5.41) is 64.4. The molecule has 9 atom stereocenters. The van der Waals surface area contributed by atoms with Crippen LogP contribution in [0.15, 0.2) is 41.3 Å². The SMILES string of the molecule is COC1C=COC2(C)Oc3c(C)c(O)c4c(O)c(c(/C=N/OCCN5CCCCC5)c(O)c4c3C2=O)NC(=O)C(C)=CC=CC(C)C(O)C(C)C(O)C(C)C(OC(C)=O)C1C. The number of carbonyl (C=O) groups is 3. The van der Waals surface area contributed by atoms with Gasteiger partial charge in [0.05, 0.1) is 53.0 Å². The van der Waals surface area contributed by atoms with Gasteiger partial charge in [-0.3, -0.25) is 19.3 Å². The highest BCUT2D eigenvalue weighted by molar-refractivity contribution is 6.23. The van der Waals surface area contributed by atoms with Crippen molar-refractivity contribution >= 4 is 40.3 Å². The number of piperidine rings is 1. The lowest BCUT2D eigenvalue weighted by Gasteiger charge is -2.38. The first kappa shape index (κ1) is 46.9. The number of carbonyl (C=O) groups excluding carboxylic acids is 3. The van der Waals surface area contributed by atoms with Crippen LogP contribution in [-0.2, 0) is 28.6 Å². The minimum absolute atomic E-state index is 0.0408. The predicted molar refractivity (Wildman–Crippen MR) is 228 cm³/mol. The summed E-state index contributed by atoms with van der Waals surface area (Å²) in [6.07, 6.45) is 7.96. The van der Waals surface area contributed by atoms with Crippen molar-refractivity contribution in [1.82, 2.24) is 4.90 Å². The Labute approximate surface area is 356 Å². The summed E-state index contributed by atoms with van der Waals surface area (Å²) in [4.78, 5) is 48.3. The summed E-state index contributed by atoms with van der Waals surface area (Å²) in [6, 6.07) is 0. The van der Waals surface area contributed by atoms with Gasteiger partial charge in [-0.05, 0) is 45.9 Å². The zero-order chi connectivity index (χ0) is 44.9. The molecule has 0 aromatic heterocycles. The quantitative estimate of drug-likeness (QED) is 0.0499. The molecule has 6 N–H and O–H groups in total. The first-order valence-corrected chi connectivity index (χ1v) is 20.8. The molecule has 2 aromatic carbocycles. The van der Waals surface area contributed by atoms with E-state index in [1.807, 2.05) is 0 Å². The minimum Gasteiger partial charge on any atom is -0.507 e. The smallest absolute Gasteiger partial charge is 0.312 e. The molecule has 0 saturated carbocycles. The number of nitrogens with one attached hydrogen (secondary N) is 1. The Morgan fingerprint density at radius 1 is 0.967 bits per heavy atom. The van der Waals surface area contributed by atoms with Crippen molar-refractivity contribution in [3.8, 4) is 23.0 Å². The number of hydrogen-bond acceptors (Lipinski definition) is 15. The van der Waals surface area contributed by atoms with Crippen LogP contribution >= 0.6 is 0 Å². The number of phenols is 3. The Kier molecular flexibility index (Phi) is 15.1. The third-order valence-corrected chi connectivity index (χ3v) is 12.2. The average Bonchev–Trinajstić information content (AvgIpc) is 3.50. The number of nitrogens with zero attached hydrogens (tertiary/aromatic N) is 2. The van der Waals surface area contributed by atoms with E-state index < -0.39 is 88.8 Å². The Bertz CT molecular complexity index is 2090. The summed E-state index contributed by atoms with van der Waals surface area (Å²) in [5.74, 6) is -8.57. The Morgan fingerprint density at radius 3 is 2.31 bits per heavy atom. The van der Waals surface area contributed by atoms with Gasteiger partial charge in [0.15, 0.2) is 5.75 Å². The fraction of sp³-hybridized carbons (Fsp3) is 0.556. The molecular weight excluding hydrogens is 791 g/mol. The van der Waals surface area contributed by atoms with Crippen molar-refractivity contribution in [1.29, 1.82) is 0 Å². The predicted octanol–water partition coefficient (Wildman–Crippen LogP) is 5.59. The van der Waals surface area contributed by atoms with Gasteiger partial charge in [0.2, 0.25) is 0 Å². The van der Waals surface area contributed by atoms with Crippen molar-refractivity contribution in [3.05, 3.63) is 52.8 Å². The molecule has 16 heteroatoms. The summed E-state index contributed by atoms with van der Waals surface area (Å²) >= 11 is 0. The molecule has 1 saturated heterocycles. The van der Waals surface area contributed by atoms with Crippen LogP contribution in [0.3, 0.4) is 0 Å². The molecule has 0 aliphatic carbocycles. The maximum atomic E-state index is 14.4. The van der Waals surface area contributed by atoms with E-state index in [2.05, 4.69) is 15.4 Å². The highest BCUT2D eigenvalue weighted by Gasteiger charge is 2.50. The average molecular weight is 852 g/mol. The first-order chi connectivity index (χ1) is 28.8. The number of ether oxygens (including phenoxy) is 4. The van der Waals surface area contributed by atoms with Gasteiger partial charge in [-0.15, -0.1) is 0 Å². The molecule has 4 aliphatic rings. The summed E-state index contributed by atoms with van der Waals surface area (Å²) in [6.45, 7) is 15.2. The maximum absolute atomic E-state index is 14.4. The maximum Gasteiger partial charge on any atom is 0.312 e. The number of rotatable bonds is 7. The van der Waals surface area contributed by atoms with E-state index in [-0.39, 0.29) is 51.1 Å². The second-order valence-corrected chi connectivity index (χ2v) is 16.6. The van der Waals surface area contributed by atoms with Crippen molar-refractivity contribution in [2.45, 2.75) is 105 Å². The van der Waals surface area contributed by atoms with Crippen LogP contribution in [0.1, 0.15) is 89.2 Å². The van der Waals surface area contributed by atoms with Gasteiger partial charge in [-0.1, -0.05) is 57.5 Å². The van der Waals surface area contributed by atoms with E-state index >= 15 is 0 Å². The van der Waals surface area contributed by atoms with Gasteiger partial charge in [0.25, 0.3) is 11.7 Å². The van der Waals surface area contributed by atoms with Crippen LogP contribution in [0.5, 0.6) is 23.0 Å². The Balaban J connectivity index is 1.65. The number of Topliss-reactive ketones (excluding diaryl/α,β-unsaturated/α-hetero) is 1. The number of benzene rings is 2. The first-order valence-electron chi connectivity index (χ1n) is 20.8. The van der Waals surface area contributed by atoms with Crippen molar-refractivity contribution in [2.24, 2.45) is 28.8 Å². The highest BCUT2D eigenvalue weighted by Crippen LogP contribution is 2.55. The van der Waals surface area contributed by atoms with Crippen LogP contribution in [0.4, 0.5) is 5.69 Å². The molecule has 0 radical (unpaired) electrons. The van der Waals surface area contributed by atoms with Crippen LogP contribution in [0.2, 0.25) is 0 Å². The van der Waals surface area contributed by atoms with Crippen LogP contribution < -0.4 is 10.1 Å². The number of phenolic OH excluding ortho intramolecular Hbond substituents is 3. The van der Waals surface area contributed by atoms with Gasteiger partial charge < -0.3 is 54.6 Å². The molecule has 4 heterocycles. The number of anilines is 1. The summed E-state index contributed by atoms with van der Waals surface area (Å²) in [7, 11) is 1.43. The van der Waals surface area contributed by atoms with Gasteiger partial charge in [0, 0.05) is 67.7 Å². The molecule has 6 rings (SSSR count). The van der Waals surface area contributed by atoms with E-state index in [4.69, 9.17) is 23.8 Å². The second-order valence-electron chi connectivity index (χ2n) is 16.6. The number of aromatic hydroxyl groups is 3. The molecule has 61 heavy (non-hydrogen) atoms. The molecule has 4 aliphatic heterocycles. The second kappa shape index (κ2) is 19.7. The zero-order valence-corrected chi connectivity index (χ0v) is 36.4. The van der Waals surface area contributed by atoms with E-state index in [0.29, 0.717) is 6.54 Å². The molecule has 334 valence electrons. The topological polar surface area (TPSA) is 226 Å². The highest BCUT2D eigenvalue weighted by atomic mass is 16.7. The largest absolute Gasteiger partial charge is 0.507 e. The number of methoxy groups -OCH3 is 1. The molecule has 9 unspecified atom stereocenters. The van der Waals surface area contributed by atoms with E-state index in [1.165, 1.54) is 59.6 Å². The molecule has 0 spiro atoms. The monoisotopic (exact) mass is 851 g/mol. The van der Waals surface area contributed by atoms with E-state index in [0.717, 1.165) is 32.1 Å². The zero-order valence-electron chi connectivity index (χ0n) is 36.4. The van der Waals surface area contributed by atoms with Crippen molar-refractivity contribution in [3.63, 3.8) is 0 Å².